The van der Waals surface area contributed by atoms with Crippen LogP contribution < -0.4 is 0 Å². The van der Waals surface area contributed by atoms with Gasteiger partial charge in [-0.25, -0.2) is 4.98 Å². The van der Waals surface area contributed by atoms with Gasteiger partial charge >= 0.3 is 0 Å². The Labute approximate surface area is 337 Å². The minimum atomic E-state index is 0.577. The van der Waals surface area contributed by atoms with E-state index in [-0.39, 0.29) is 0 Å². The highest BCUT2D eigenvalue weighted by Crippen LogP contribution is 2.50. The fraction of sp³-hybridized carbons (Fsp3) is 0. The molecule has 0 spiro atoms. The maximum atomic E-state index is 6.75. The van der Waals surface area contributed by atoms with Crippen molar-refractivity contribution in [2.24, 2.45) is 0 Å². The Morgan fingerprint density at radius 3 is 1.76 bits per heavy atom. The van der Waals surface area contributed by atoms with E-state index in [1.807, 2.05) is 34.8 Å². The molecule has 268 valence electrons. The van der Waals surface area contributed by atoms with E-state index in [9.17, 15) is 0 Å². The lowest BCUT2D eigenvalue weighted by atomic mass is 9.97. The Morgan fingerprint density at radius 1 is 0.431 bits per heavy atom. The van der Waals surface area contributed by atoms with E-state index in [1.165, 1.54) is 83.4 Å². The van der Waals surface area contributed by atoms with Crippen LogP contribution in [0.3, 0.4) is 0 Å². The van der Waals surface area contributed by atoms with Crippen LogP contribution in [-0.4, -0.2) is 14.5 Å². The molecular weight excluding hydrogens is 747 g/mol. The van der Waals surface area contributed by atoms with Crippen molar-refractivity contribution in [2.75, 3.05) is 0 Å². The molecular formula is C52H27N3OS2. The number of hydrogen-bond donors (Lipinski definition) is 0. The Balaban J connectivity index is 1.23. The summed E-state index contributed by atoms with van der Waals surface area (Å²) in [6.07, 6.45) is 0. The number of furan rings is 1. The Hall–Kier alpha value is -7.12. The molecule has 0 aliphatic rings. The second-order valence-electron chi connectivity index (χ2n) is 15.2. The molecule has 0 radical (unpaired) electrons. The molecule has 0 aliphatic carbocycles. The monoisotopic (exact) mass is 773 g/mol. The fourth-order valence-corrected chi connectivity index (χ4v) is 12.3. The molecule has 0 amide bonds. The van der Waals surface area contributed by atoms with Gasteiger partial charge in [0, 0.05) is 57.4 Å². The Kier molecular flexibility index (Phi) is 6.02. The van der Waals surface area contributed by atoms with Crippen molar-refractivity contribution < 1.29 is 4.42 Å². The number of hydrogen-bond acceptors (Lipinski definition) is 5. The van der Waals surface area contributed by atoms with Crippen LogP contribution >= 0.6 is 22.7 Å². The van der Waals surface area contributed by atoms with Crippen molar-refractivity contribution in [3.05, 3.63) is 164 Å². The first-order chi connectivity index (χ1) is 28.8. The molecule has 14 rings (SSSR count). The summed E-state index contributed by atoms with van der Waals surface area (Å²) in [5.74, 6) is 0.591. The van der Waals surface area contributed by atoms with Crippen molar-refractivity contribution >= 4 is 139 Å². The third kappa shape index (κ3) is 3.98. The zero-order chi connectivity index (χ0) is 37.6. The molecule has 0 bridgehead atoms. The van der Waals surface area contributed by atoms with Gasteiger partial charge in [0.2, 0.25) is 11.7 Å². The van der Waals surface area contributed by atoms with Crippen molar-refractivity contribution in [3.8, 4) is 17.2 Å². The smallest absolute Gasteiger partial charge is 0.238 e. The third-order valence-electron chi connectivity index (χ3n) is 12.2. The van der Waals surface area contributed by atoms with Gasteiger partial charge in [-0.2, -0.15) is 4.98 Å². The summed E-state index contributed by atoms with van der Waals surface area (Å²) in [6, 6.07) is 59.1. The number of thiophene rings is 2. The molecule has 0 saturated carbocycles. The number of nitrogens with zero attached hydrogens (tertiary/aromatic N) is 3. The van der Waals surface area contributed by atoms with Crippen LogP contribution in [0, 0.1) is 0 Å². The Bertz CT molecular complexity index is 4110. The van der Waals surface area contributed by atoms with E-state index in [0.29, 0.717) is 11.7 Å². The first kappa shape index (κ1) is 31.0. The average Bonchev–Trinajstić information content (AvgIpc) is 4.05. The van der Waals surface area contributed by atoms with E-state index in [4.69, 9.17) is 14.4 Å². The van der Waals surface area contributed by atoms with Crippen LogP contribution in [0.2, 0.25) is 0 Å². The summed E-state index contributed by atoms with van der Waals surface area (Å²) in [7, 11) is 0. The molecule has 0 fully saturated rings. The summed E-state index contributed by atoms with van der Waals surface area (Å²) < 4.78 is 14.0. The van der Waals surface area contributed by atoms with Gasteiger partial charge in [0.25, 0.3) is 0 Å². The normalized spacial score (nSPS) is 12.5. The first-order valence-corrected chi connectivity index (χ1v) is 21.1. The van der Waals surface area contributed by atoms with E-state index in [2.05, 4.69) is 156 Å². The molecule has 14 aromatic rings. The lowest BCUT2D eigenvalue weighted by Gasteiger charge is -2.12. The van der Waals surface area contributed by atoms with Gasteiger partial charge in [0.1, 0.15) is 5.58 Å². The number of aromatic nitrogens is 3. The highest BCUT2D eigenvalue weighted by atomic mass is 32.1. The van der Waals surface area contributed by atoms with Crippen molar-refractivity contribution in [1.29, 1.82) is 0 Å². The largest absolute Gasteiger partial charge is 0.437 e. The van der Waals surface area contributed by atoms with E-state index >= 15 is 0 Å². The van der Waals surface area contributed by atoms with Gasteiger partial charge < -0.3 is 4.42 Å². The van der Waals surface area contributed by atoms with Gasteiger partial charge in [0.15, 0.2) is 0 Å². The first-order valence-electron chi connectivity index (χ1n) is 19.5. The minimum Gasteiger partial charge on any atom is -0.437 e. The second kappa shape index (κ2) is 11.3. The third-order valence-corrected chi connectivity index (χ3v) is 14.6. The molecule has 0 N–H and O–H groups in total. The van der Waals surface area contributed by atoms with Gasteiger partial charge in [0.05, 0.1) is 26.8 Å². The second-order valence-corrected chi connectivity index (χ2v) is 17.3. The number of benzene rings is 9. The lowest BCUT2D eigenvalue weighted by Crippen LogP contribution is -2.03. The van der Waals surface area contributed by atoms with Crippen LogP contribution in [0.5, 0.6) is 0 Å². The SMILES string of the molecule is c1ccc2c(c1)cc(-c1nc(-n3c4ccc5ccccc5c4c4c5ccccc5c5c6ccccc6sc5c43)nc3oc4ccccc4c13)c1sc3ccccc3c12. The molecule has 5 aromatic heterocycles. The number of fused-ring (bicyclic) bond motifs is 20. The number of rotatable bonds is 2. The van der Waals surface area contributed by atoms with Crippen LogP contribution in [0.1, 0.15) is 0 Å². The molecule has 0 unspecified atom stereocenters. The molecule has 6 heteroatoms. The summed E-state index contributed by atoms with van der Waals surface area (Å²) in [6.45, 7) is 0. The van der Waals surface area contributed by atoms with Crippen LogP contribution in [0.4, 0.5) is 0 Å². The zero-order valence-corrected chi connectivity index (χ0v) is 32.3. The van der Waals surface area contributed by atoms with Crippen LogP contribution in [0.25, 0.3) is 134 Å². The summed E-state index contributed by atoms with van der Waals surface area (Å²) in [4.78, 5) is 11.2. The van der Waals surface area contributed by atoms with Crippen molar-refractivity contribution in [3.63, 3.8) is 0 Å². The van der Waals surface area contributed by atoms with Gasteiger partial charge in [-0.05, 0) is 62.6 Å². The molecule has 0 atom stereocenters. The zero-order valence-electron chi connectivity index (χ0n) is 30.7. The number of para-hydroxylation sites is 1. The van der Waals surface area contributed by atoms with E-state index in [1.54, 1.807) is 0 Å². The predicted molar refractivity (Wildman–Crippen MR) is 247 cm³/mol. The predicted octanol–water partition coefficient (Wildman–Crippen LogP) is 15.3. The molecule has 0 saturated heterocycles. The molecule has 58 heavy (non-hydrogen) atoms. The fourth-order valence-electron chi connectivity index (χ4n) is 9.80. The van der Waals surface area contributed by atoms with Gasteiger partial charge in [-0.3, -0.25) is 4.57 Å². The van der Waals surface area contributed by atoms with Crippen LogP contribution in [-0.2, 0) is 0 Å². The highest BCUT2D eigenvalue weighted by Gasteiger charge is 2.27. The lowest BCUT2D eigenvalue weighted by molar-refractivity contribution is 0.651. The van der Waals surface area contributed by atoms with Gasteiger partial charge in [-0.15, -0.1) is 22.7 Å². The summed E-state index contributed by atoms with van der Waals surface area (Å²) in [5, 5.41) is 16.7. The quantitative estimate of drug-likeness (QED) is 0.176. The van der Waals surface area contributed by atoms with Crippen molar-refractivity contribution in [1.82, 2.24) is 14.5 Å². The molecule has 5 heterocycles. The van der Waals surface area contributed by atoms with E-state index in [0.717, 1.165) is 38.6 Å². The minimum absolute atomic E-state index is 0.577. The average molecular weight is 774 g/mol. The van der Waals surface area contributed by atoms with E-state index < -0.39 is 0 Å². The topological polar surface area (TPSA) is 43.9 Å². The summed E-state index contributed by atoms with van der Waals surface area (Å²) >= 11 is 3.68. The standard InChI is InChI=1S/C52H27N3OS2/c1-3-15-30-28(13-1)25-26-38-44(30)45-33-18-6-5-17-32(33)43-36-21-9-12-24-41(36)58-50(43)48(45)55(38)52-53-47(46-34-19-7-10-22-39(34)56-51(46)54-52)37-27-29-14-2-4-16-31(29)42-35-20-8-11-23-40(35)57-49(37)42/h1-27H. The summed E-state index contributed by atoms with van der Waals surface area (Å²) in [5.41, 5.74) is 5.51. The van der Waals surface area contributed by atoms with Gasteiger partial charge in [-0.1, -0.05) is 133 Å². The molecule has 0 aliphatic heterocycles. The van der Waals surface area contributed by atoms with Crippen molar-refractivity contribution in [2.45, 2.75) is 0 Å². The van der Waals surface area contributed by atoms with Crippen LogP contribution in [0.15, 0.2) is 168 Å². The molecule has 4 nitrogen and oxygen atoms in total. The molecule has 9 aromatic carbocycles. The highest BCUT2D eigenvalue weighted by molar-refractivity contribution is 7.27. The maximum Gasteiger partial charge on any atom is 0.238 e. The Morgan fingerprint density at radius 2 is 1.00 bits per heavy atom. The maximum absolute atomic E-state index is 6.75.